The molecule has 1 saturated heterocycles. The second-order valence-electron chi connectivity index (χ2n) is 4.60. The third kappa shape index (κ3) is 3.19. The number of rotatable bonds is 6. The molecule has 0 saturated carbocycles. The number of hydrogen-bond acceptors (Lipinski definition) is 4. The second-order valence-corrected chi connectivity index (χ2v) is 4.60. The zero-order chi connectivity index (χ0) is 12.1. The fraction of sp³-hybridized carbons (Fsp3) is 0.917. The number of carbonyl (C=O) groups is 1. The van der Waals surface area contributed by atoms with Crippen LogP contribution in [0.3, 0.4) is 0 Å². The van der Waals surface area contributed by atoms with E-state index in [1.807, 2.05) is 0 Å². The topological polar surface area (TPSA) is 32.8 Å². The van der Waals surface area contributed by atoms with E-state index < -0.39 is 0 Å². The number of likely N-dealkylation sites (N-methyl/N-ethyl adjacent to an activating group) is 1. The van der Waals surface area contributed by atoms with Gasteiger partial charge in [-0.15, -0.1) is 0 Å². The van der Waals surface area contributed by atoms with E-state index >= 15 is 0 Å². The van der Waals surface area contributed by atoms with Gasteiger partial charge in [-0.05, 0) is 26.8 Å². The van der Waals surface area contributed by atoms with Gasteiger partial charge in [0.1, 0.15) is 6.04 Å². The number of carbonyl (C=O) groups excluding carboxylic acids is 1. The van der Waals surface area contributed by atoms with Crippen molar-refractivity contribution in [3.8, 4) is 0 Å². The van der Waals surface area contributed by atoms with Gasteiger partial charge in [0.25, 0.3) is 0 Å². The molecule has 1 fully saturated rings. The molecule has 0 aromatic rings. The number of esters is 1. The largest absolute Gasteiger partial charge is 0.468 e. The van der Waals surface area contributed by atoms with E-state index in [2.05, 4.69) is 30.7 Å². The molecule has 0 spiro atoms. The lowest BCUT2D eigenvalue weighted by atomic mass is 10.0. The van der Waals surface area contributed by atoms with Crippen LogP contribution in [0, 0.1) is 0 Å². The molecule has 0 aromatic heterocycles. The predicted octanol–water partition coefficient (Wildman–Crippen LogP) is 0.964. The van der Waals surface area contributed by atoms with Gasteiger partial charge in [-0.1, -0.05) is 6.92 Å². The fourth-order valence-electron chi connectivity index (χ4n) is 1.93. The highest BCUT2D eigenvalue weighted by molar-refractivity contribution is 5.76. The van der Waals surface area contributed by atoms with Crippen LogP contribution in [0.2, 0.25) is 0 Å². The molecule has 0 aliphatic carbocycles. The van der Waals surface area contributed by atoms with Crippen molar-refractivity contribution < 1.29 is 9.53 Å². The standard InChI is InChI=1S/C12H24N2O2/c1-5-10(2)13(3)8-9-14-7-6-11(14)12(15)16-4/h10-11H,5-9H2,1-4H3. The van der Waals surface area contributed by atoms with Crippen LogP contribution in [0.4, 0.5) is 0 Å². The third-order valence-electron chi connectivity index (χ3n) is 3.69. The van der Waals surface area contributed by atoms with Crippen LogP contribution in [-0.2, 0) is 9.53 Å². The normalized spacial score (nSPS) is 22.9. The van der Waals surface area contributed by atoms with E-state index in [0.29, 0.717) is 6.04 Å². The molecule has 2 atom stereocenters. The van der Waals surface area contributed by atoms with Gasteiger partial charge in [-0.2, -0.15) is 0 Å². The highest BCUT2D eigenvalue weighted by Gasteiger charge is 2.34. The molecule has 0 amide bonds. The van der Waals surface area contributed by atoms with Crippen LogP contribution >= 0.6 is 0 Å². The maximum Gasteiger partial charge on any atom is 0.323 e. The Morgan fingerprint density at radius 3 is 2.75 bits per heavy atom. The third-order valence-corrected chi connectivity index (χ3v) is 3.69. The molecule has 4 nitrogen and oxygen atoms in total. The Morgan fingerprint density at radius 1 is 1.62 bits per heavy atom. The number of methoxy groups -OCH3 is 1. The lowest BCUT2D eigenvalue weighted by Crippen LogP contribution is -2.54. The molecule has 0 bridgehead atoms. The summed E-state index contributed by atoms with van der Waals surface area (Å²) in [7, 11) is 3.60. The molecule has 0 radical (unpaired) electrons. The Balaban J connectivity index is 2.26. The zero-order valence-corrected chi connectivity index (χ0v) is 10.9. The van der Waals surface area contributed by atoms with Gasteiger partial charge in [0.15, 0.2) is 0 Å². The number of hydrogen-bond donors (Lipinski definition) is 0. The minimum absolute atomic E-state index is 0.00957. The summed E-state index contributed by atoms with van der Waals surface area (Å²) in [6, 6.07) is 0.619. The van der Waals surface area contributed by atoms with Crippen LogP contribution in [0.1, 0.15) is 26.7 Å². The van der Waals surface area contributed by atoms with Crippen molar-refractivity contribution in [1.29, 1.82) is 0 Å². The number of nitrogens with zero attached hydrogens (tertiary/aromatic N) is 2. The molecule has 16 heavy (non-hydrogen) atoms. The molecule has 0 N–H and O–H groups in total. The quantitative estimate of drug-likeness (QED) is 0.634. The molecule has 1 rings (SSSR count). The Labute approximate surface area is 98.5 Å². The summed E-state index contributed by atoms with van der Waals surface area (Å²) in [6.07, 6.45) is 2.11. The van der Waals surface area contributed by atoms with Gasteiger partial charge in [0.2, 0.25) is 0 Å². The van der Waals surface area contributed by atoms with Gasteiger partial charge >= 0.3 is 5.97 Å². The summed E-state index contributed by atoms with van der Waals surface area (Å²) in [6.45, 7) is 7.42. The van der Waals surface area contributed by atoms with E-state index in [0.717, 1.165) is 32.5 Å². The van der Waals surface area contributed by atoms with Crippen molar-refractivity contribution in [2.24, 2.45) is 0 Å². The molecule has 1 aliphatic heterocycles. The van der Waals surface area contributed by atoms with E-state index in [1.165, 1.54) is 7.11 Å². The predicted molar refractivity (Wildman–Crippen MR) is 64.4 cm³/mol. The first-order chi connectivity index (χ1) is 7.60. The molecule has 1 heterocycles. The van der Waals surface area contributed by atoms with Gasteiger partial charge in [-0.3, -0.25) is 9.69 Å². The van der Waals surface area contributed by atoms with Crippen LogP contribution < -0.4 is 0 Å². The van der Waals surface area contributed by atoms with E-state index in [-0.39, 0.29) is 12.0 Å². The minimum Gasteiger partial charge on any atom is -0.468 e. The first kappa shape index (κ1) is 13.5. The Hall–Kier alpha value is -0.610. The smallest absolute Gasteiger partial charge is 0.323 e. The van der Waals surface area contributed by atoms with Gasteiger partial charge in [-0.25, -0.2) is 0 Å². The summed E-state index contributed by atoms with van der Waals surface area (Å²) in [5.74, 6) is -0.0857. The summed E-state index contributed by atoms with van der Waals surface area (Å²) in [4.78, 5) is 15.9. The number of ether oxygens (including phenoxy) is 1. The van der Waals surface area contributed by atoms with Crippen molar-refractivity contribution in [3.63, 3.8) is 0 Å². The minimum atomic E-state index is -0.0857. The molecule has 0 aromatic carbocycles. The fourth-order valence-corrected chi connectivity index (χ4v) is 1.93. The van der Waals surface area contributed by atoms with Crippen LogP contribution in [0.25, 0.3) is 0 Å². The summed E-state index contributed by atoms with van der Waals surface area (Å²) < 4.78 is 4.77. The second kappa shape index (κ2) is 6.21. The first-order valence-electron chi connectivity index (χ1n) is 6.12. The van der Waals surface area contributed by atoms with Crippen molar-refractivity contribution >= 4 is 5.97 Å². The zero-order valence-electron chi connectivity index (χ0n) is 10.9. The average Bonchev–Trinajstić information content (AvgIpc) is 2.26. The maximum absolute atomic E-state index is 11.4. The summed E-state index contributed by atoms with van der Waals surface area (Å²) in [5, 5.41) is 0. The lowest BCUT2D eigenvalue weighted by molar-refractivity contribution is -0.152. The van der Waals surface area contributed by atoms with Gasteiger partial charge in [0, 0.05) is 25.7 Å². The van der Waals surface area contributed by atoms with Crippen LogP contribution in [0.15, 0.2) is 0 Å². The lowest BCUT2D eigenvalue weighted by Gasteiger charge is -2.40. The average molecular weight is 228 g/mol. The van der Waals surface area contributed by atoms with E-state index in [1.54, 1.807) is 0 Å². The molecule has 2 unspecified atom stereocenters. The van der Waals surface area contributed by atoms with E-state index in [9.17, 15) is 4.79 Å². The van der Waals surface area contributed by atoms with Gasteiger partial charge in [0.05, 0.1) is 7.11 Å². The molecule has 1 aliphatic rings. The molecule has 94 valence electrons. The highest BCUT2D eigenvalue weighted by Crippen LogP contribution is 2.18. The first-order valence-corrected chi connectivity index (χ1v) is 6.12. The monoisotopic (exact) mass is 228 g/mol. The van der Waals surface area contributed by atoms with Crippen molar-refractivity contribution in [3.05, 3.63) is 0 Å². The van der Waals surface area contributed by atoms with E-state index in [4.69, 9.17) is 4.74 Å². The number of likely N-dealkylation sites (tertiary alicyclic amines) is 1. The Morgan fingerprint density at radius 2 is 2.31 bits per heavy atom. The van der Waals surface area contributed by atoms with Crippen LogP contribution in [-0.4, -0.2) is 61.6 Å². The Bertz CT molecular complexity index is 233. The van der Waals surface area contributed by atoms with Crippen molar-refractivity contribution in [2.45, 2.75) is 38.8 Å². The SMILES string of the molecule is CCC(C)N(C)CCN1CCC1C(=O)OC. The molecule has 4 heteroatoms. The summed E-state index contributed by atoms with van der Waals surface area (Å²) in [5.41, 5.74) is 0. The van der Waals surface area contributed by atoms with Crippen molar-refractivity contribution in [1.82, 2.24) is 9.80 Å². The Kier molecular flexibility index (Phi) is 5.22. The molecular formula is C12H24N2O2. The van der Waals surface area contributed by atoms with Gasteiger partial charge < -0.3 is 9.64 Å². The summed E-state index contributed by atoms with van der Waals surface area (Å²) >= 11 is 0. The molecular weight excluding hydrogens is 204 g/mol. The maximum atomic E-state index is 11.4. The van der Waals surface area contributed by atoms with Crippen molar-refractivity contribution in [2.75, 3.05) is 33.8 Å². The van der Waals surface area contributed by atoms with Crippen LogP contribution in [0.5, 0.6) is 0 Å². The highest BCUT2D eigenvalue weighted by atomic mass is 16.5.